The molecule has 1 aromatic rings. The number of nitrogens with two attached hydrogens (primary N) is 1. The van der Waals surface area contributed by atoms with Crippen LogP contribution in [0.1, 0.15) is 18.4 Å². The maximum atomic E-state index is 13.5. The third-order valence-electron chi connectivity index (χ3n) is 2.56. The van der Waals surface area contributed by atoms with Crippen molar-refractivity contribution < 1.29 is 19.1 Å². The molecule has 1 rings (SSSR count). The molecule has 0 spiro atoms. The molecule has 1 atom stereocenters. The number of hydrogen-bond acceptors (Lipinski definition) is 3. The first kappa shape index (κ1) is 15.4. The van der Waals surface area contributed by atoms with Crippen LogP contribution in [0.4, 0.5) is 4.39 Å². The van der Waals surface area contributed by atoms with E-state index < -0.39 is 23.7 Å². The maximum Gasteiger partial charge on any atom is 0.320 e. The Morgan fingerprint density at radius 2 is 2.16 bits per heavy atom. The molecular formula is C12H14ClFN2O3. The van der Waals surface area contributed by atoms with Crippen molar-refractivity contribution in [1.29, 1.82) is 0 Å². The first-order valence-corrected chi connectivity index (χ1v) is 5.97. The molecule has 104 valence electrons. The fraction of sp³-hybridized carbons (Fsp3) is 0.333. The molecule has 0 heterocycles. The third-order valence-corrected chi connectivity index (χ3v) is 2.92. The molecule has 0 radical (unpaired) electrons. The third kappa shape index (κ3) is 4.84. The number of carbonyl (C=O) groups is 2. The average Bonchev–Trinajstić information content (AvgIpc) is 2.31. The summed E-state index contributed by atoms with van der Waals surface area (Å²) in [5.74, 6) is -2.23. The first-order valence-electron chi connectivity index (χ1n) is 5.59. The summed E-state index contributed by atoms with van der Waals surface area (Å²) < 4.78 is 13.5. The standard InChI is InChI=1S/C12H14ClFN2O3/c13-8-2-1-3-9(14)7(8)6-16-10(12(18)19)4-5-11(15)17/h1-3,10,16H,4-6H2,(H2,15,17)(H,18,19). The van der Waals surface area contributed by atoms with E-state index in [4.69, 9.17) is 22.4 Å². The van der Waals surface area contributed by atoms with E-state index in [0.29, 0.717) is 0 Å². The van der Waals surface area contributed by atoms with E-state index in [1.54, 1.807) is 0 Å². The molecule has 0 aliphatic rings. The number of nitrogens with one attached hydrogen (secondary N) is 1. The molecule has 0 fully saturated rings. The van der Waals surface area contributed by atoms with E-state index in [9.17, 15) is 14.0 Å². The van der Waals surface area contributed by atoms with Crippen LogP contribution in [0.2, 0.25) is 5.02 Å². The Bertz CT molecular complexity index is 462. The highest BCUT2D eigenvalue weighted by Gasteiger charge is 2.18. The molecule has 5 nitrogen and oxygen atoms in total. The number of rotatable bonds is 7. The molecule has 4 N–H and O–H groups in total. The van der Waals surface area contributed by atoms with Crippen molar-refractivity contribution in [2.24, 2.45) is 5.73 Å². The summed E-state index contributed by atoms with van der Waals surface area (Å²) in [5, 5.41) is 11.8. The van der Waals surface area contributed by atoms with Crippen LogP contribution in [0, 0.1) is 5.82 Å². The van der Waals surface area contributed by atoms with Gasteiger partial charge in [-0.2, -0.15) is 0 Å². The number of carbonyl (C=O) groups excluding carboxylic acids is 1. The molecule has 0 aliphatic carbocycles. The van der Waals surface area contributed by atoms with Crippen LogP contribution < -0.4 is 11.1 Å². The van der Waals surface area contributed by atoms with Crippen LogP contribution in [0.15, 0.2) is 18.2 Å². The molecular weight excluding hydrogens is 275 g/mol. The minimum atomic E-state index is -1.13. The lowest BCUT2D eigenvalue weighted by atomic mass is 10.1. The Morgan fingerprint density at radius 3 is 2.68 bits per heavy atom. The van der Waals surface area contributed by atoms with Gasteiger partial charge in [-0.3, -0.25) is 9.59 Å². The summed E-state index contributed by atoms with van der Waals surface area (Å²) in [7, 11) is 0. The number of carboxylic acid groups (broad SMARTS) is 1. The number of amides is 1. The molecule has 0 bridgehead atoms. The number of primary amides is 1. The second-order valence-corrected chi connectivity index (χ2v) is 4.38. The van der Waals surface area contributed by atoms with Crippen molar-refractivity contribution in [3.63, 3.8) is 0 Å². The van der Waals surface area contributed by atoms with Gasteiger partial charge in [0.25, 0.3) is 0 Å². The summed E-state index contributed by atoms with van der Waals surface area (Å²) in [4.78, 5) is 21.6. The van der Waals surface area contributed by atoms with Gasteiger partial charge >= 0.3 is 5.97 Å². The molecule has 0 aliphatic heterocycles. The van der Waals surface area contributed by atoms with Crippen LogP contribution >= 0.6 is 11.6 Å². The number of carboxylic acids is 1. The summed E-state index contributed by atoms with van der Waals surface area (Å²) in [6, 6.07) is 3.23. The van der Waals surface area contributed by atoms with Crippen LogP contribution in [-0.2, 0) is 16.1 Å². The van der Waals surface area contributed by atoms with Crippen LogP contribution in [0.25, 0.3) is 0 Å². The van der Waals surface area contributed by atoms with Gasteiger partial charge in [-0.05, 0) is 18.6 Å². The van der Waals surface area contributed by atoms with E-state index in [2.05, 4.69) is 5.32 Å². The van der Waals surface area contributed by atoms with Crippen LogP contribution in [0.5, 0.6) is 0 Å². The van der Waals surface area contributed by atoms with Crippen molar-refractivity contribution in [3.05, 3.63) is 34.6 Å². The SMILES string of the molecule is NC(=O)CCC(NCc1c(F)cccc1Cl)C(=O)O. The van der Waals surface area contributed by atoms with Gasteiger partial charge in [0.05, 0.1) is 0 Å². The molecule has 0 saturated heterocycles. The molecule has 7 heteroatoms. The zero-order valence-corrected chi connectivity index (χ0v) is 10.8. The lowest BCUT2D eigenvalue weighted by Gasteiger charge is -2.14. The summed E-state index contributed by atoms with van der Waals surface area (Å²) in [5.41, 5.74) is 5.14. The van der Waals surface area contributed by atoms with Gasteiger partial charge in [0, 0.05) is 23.6 Å². The number of benzene rings is 1. The van der Waals surface area contributed by atoms with Crippen molar-refractivity contribution in [1.82, 2.24) is 5.32 Å². The Hall–Kier alpha value is -1.66. The molecule has 1 amide bonds. The Kier molecular flexibility index (Phi) is 5.72. The topological polar surface area (TPSA) is 92.4 Å². The maximum absolute atomic E-state index is 13.5. The van der Waals surface area contributed by atoms with Gasteiger partial charge in [0.1, 0.15) is 11.9 Å². The number of halogens is 2. The largest absolute Gasteiger partial charge is 0.480 e. The lowest BCUT2D eigenvalue weighted by Crippen LogP contribution is -2.37. The zero-order chi connectivity index (χ0) is 14.4. The second kappa shape index (κ2) is 7.06. The highest BCUT2D eigenvalue weighted by Crippen LogP contribution is 2.18. The van der Waals surface area contributed by atoms with Crippen molar-refractivity contribution >= 4 is 23.5 Å². The van der Waals surface area contributed by atoms with E-state index in [-0.39, 0.29) is 30.0 Å². The first-order chi connectivity index (χ1) is 8.91. The summed E-state index contributed by atoms with van der Waals surface area (Å²) >= 11 is 5.82. The molecule has 0 aromatic heterocycles. The van der Waals surface area contributed by atoms with Gasteiger partial charge in [-0.15, -0.1) is 0 Å². The quantitative estimate of drug-likeness (QED) is 0.705. The van der Waals surface area contributed by atoms with E-state index in [0.717, 1.165) is 0 Å². The minimum absolute atomic E-state index is 0.0384. The Labute approximate surface area is 114 Å². The smallest absolute Gasteiger partial charge is 0.320 e. The number of hydrogen-bond donors (Lipinski definition) is 3. The number of aliphatic carboxylic acids is 1. The molecule has 1 unspecified atom stereocenters. The predicted molar refractivity (Wildman–Crippen MR) is 68.1 cm³/mol. The lowest BCUT2D eigenvalue weighted by molar-refractivity contribution is -0.139. The molecule has 1 aromatic carbocycles. The fourth-order valence-electron chi connectivity index (χ4n) is 1.53. The molecule has 0 saturated carbocycles. The second-order valence-electron chi connectivity index (χ2n) is 3.98. The van der Waals surface area contributed by atoms with E-state index >= 15 is 0 Å². The van der Waals surface area contributed by atoms with Gasteiger partial charge in [-0.25, -0.2) is 4.39 Å². The molecule has 19 heavy (non-hydrogen) atoms. The van der Waals surface area contributed by atoms with Crippen molar-refractivity contribution in [2.45, 2.75) is 25.4 Å². The van der Waals surface area contributed by atoms with Crippen molar-refractivity contribution in [3.8, 4) is 0 Å². The van der Waals surface area contributed by atoms with E-state index in [1.165, 1.54) is 18.2 Å². The van der Waals surface area contributed by atoms with Gasteiger partial charge in [0.15, 0.2) is 0 Å². The Morgan fingerprint density at radius 1 is 1.47 bits per heavy atom. The average molecular weight is 289 g/mol. The van der Waals surface area contributed by atoms with Crippen LogP contribution in [-0.4, -0.2) is 23.0 Å². The van der Waals surface area contributed by atoms with Crippen molar-refractivity contribution in [2.75, 3.05) is 0 Å². The fourth-order valence-corrected chi connectivity index (χ4v) is 1.76. The summed E-state index contributed by atoms with van der Waals surface area (Å²) in [6.07, 6.45) is -0.0221. The van der Waals surface area contributed by atoms with Gasteiger partial charge in [-0.1, -0.05) is 17.7 Å². The normalized spacial score (nSPS) is 12.1. The Balaban J connectivity index is 2.66. The van der Waals surface area contributed by atoms with Crippen LogP contribution in [0.3, 0.4) is 0 Å². The predicted octanol–water partition coefficient (Wildman–Crippen LogP) is 1.29. The van der Waals surface area contributed by atoms with E-state index in [1.807, 2.05) is 0 Å². The minimum Gasteiger partial charge on any atom is -0.480 e. The van der Waals surface area contributed by atoms with Gasteiger partial charge < -0.3 is 16.2 Å². The summed E-state index contributed by atoms with van der Waals surface area (Å²) in [6.45, 7) is -0.0404. The zero-order valence-electron chi connectivity index (χ0n) is 10.0. The highest BCUT2D eigenvalue weighted by molar-refractivity contribution is 6.31. The van der Waals surface area contributed by atoms with Gasteiger partial charge in [0.2, 0.25) is 5.91 Å². The monoisotopic (exact) mass is 288 g/mol. The highest BCUT2D eigenvalue weighted by atomic mass is 35.5.